The number of hydrogen-bond acceptors (Lipinski definition) is 1. The van der Waals surface area contributed by atoms with E-state index in [1.807, 2.05) is 72.8 Å². The van der Waals surface area contributed by atoms with Crippen LogP contribution in [0.15, 0.2) is 78.9 Å². The van der Waals surface area contributed by atoms with Crippen LogP contribution in [0.4, 0.5) is 0 Å². The van der Waals surface area contributed by atoms with Crippen LogP contribution >= 0.6 is 23.2 Å². The lowest BCUT2D eigenvalue weighted by Crippen LogP contribution is -2.02. The third-order valence-corrected chi connectivity index (χ3v) is 4.19. The smallest absolute Gasteiger partial charge is 0.193 e. The fraction of sp³-hybridized carbons (Fsp3) is 0. The summed E-state index contributed by atoms with van der Waals surface area (Å²) in [5.74, 6) is -0.0483. The van der Waals surface area contributed by atoms with Crippen molar-refractivity contribution in [3.63, 3.8) is 0 Å². The van der Waals surface area contributed by atoms with E-state index in [1.165, 1.54) is 0 Å². The van der Waals surface area contributed by atoms with Gasteiger partial charge in [0.15, 0.2) is 5.78 Å². The molecule has 0 aliphatic heterocycles. The normalized spacial score (nSPS) is 11.3. The van der Waals surface area contributed by atoms with Gasteiger partial charge in [0.25, 0.3) is 0 Å². The minimum atomic E-state index is -0.0483. The van der Waals surface area contributed by atoms with Crippen LogP contribution in [-0.4, -0.2) is 5.78 Å². The molecule has 0 atom stereocenters. The summed E-state index contributed by atoms with van der Waals surface area (Å²) in [6.45, 7) is 0. The van der Waals surface area contributed by atoms with Crippen molar-refractivity contribution >= 4 is 40.6 Å². The topological polar surface area (TPSA) is 17.1 Å². The number of allylic oxidation sites excluding steroid dienone is 1. The molecule has 0 bridgehead atoms. The van der Waals surface area contributed by atoms with Gasteiger partial charge >= 0.3 is 0 Å². The Morgan fingerprint density at radius 1 is 0.750 bits per heavy atom. The van der Waals surface area contributed by atoms with Crippen molar-refractivity contribution in [3.05, 3.63) is 106 Å². The maximum atomic E-state index is 13.0. The van der Waals surface area contributed by atoms with Crippen LogP contribution in [-0.2, 0) is 0 Å². The van der Waals surface area contributed by atoms with Crippen molar-refractivity contribution < 1.29 is 4.79 Å². The second-order valence-electron chi connectivity index (χ2n) is 5.29. The maximum Gasteiger partial charge on any atom is 0.193 e. The summed E-state index contributed by atoms with van der Waals surface area (Å²) in [6.07, 6.45) is 1.81. The van der Waals surface area contributed by atoms with E-state index in [0.29, 0.717) is 21.2 Å². The highest BCUT2D eigenvalue weighted by atomic mass is 35.5. The van der Waals surface area contributed by atoms with E-state index in [-0.39, 0.29) is 5.78 Å². The Morgan fingerprint density at radius 2 is 1.33 bits per heavy atom. The monoisotopic (exact) mass is 352 g/mol. The Kier molecular flexibility index (Phi) is 5.14. The molecule has 0 aliphatic rings. The van der Waals surface area contributed by atoms with Gasteiger partial charge in [-0.15, -0.1) is 0 Å². The summed E-state index contributed by atoms with van der Waals surface area (Å²) in [5.41, 5.74) is 2.82. The summed E-state index contributed by atoms with van der Waals surface area (Å²) in [5, 5.41) is 1.07. The van der Waals surface area contributed by atoms with Crippen molar-refractivity contribution in [3.8, 4) is 0 Å². The van der Waals surface area contributed by atoms with E-state index in [9.17, 15) is 4.79 Å². The van der Waals surface area contributed by atoms with Crippen molar-refractivity contribution in [1.82, 2.24) is 0 Å². The summed E-state index contributed by atoms with van der Waals surface area (Å²) >= 11 is 12.2. The van der Waals surface area contributed by atoms with E-state index >= 15 is 0 Å². The highest BCUT2D eigenvalue weighted by Gasteiger charge is 2.15. The predicted octanol–water partition coefficient (Wildman–Crippen LogP) is 6.42. The van der Waals surface area contributed by atoms with E-state index in [4.69, 9.17) is 23.2 Å². The van der Waals surface area contributed by atoms with E-state index in [2.05, 4.69) is 0 Å². The Morgan fingerprint density at radius 3 is 1.92 bits per heavy atom. The first kappa shape index (κ1) is 16.5. The number of Topliss-reactive ketones (excluding diaryl/α,β-unsaturated/α-hetero) is 1. The Balaban J connectivity index is 2.12. The molecule has 3 aromatic carbocycles. The zero-order valence-electron chi connectivity index (χ0n) is 12.7. The minimum Gasteiger partial charge on any atom is -0.289 e. The second-order valence-corrected chi connectivity index (χ2v) is 6.13. The van der Waals surface area contributed by atoms with Crippen LogP contribution in [0.5, 0.6) is 0 Å². The molecule has 3 rings (SSSR count). The second kappa shape index (κ2) is 7.48. The highest BCUT2D eigenvalue weighted by Crippen LogP contribution is 2.28. The lowest BCUT2D eigenvalue weighted by atomic mass is 9.95. The third-order valence-electron chi connectivity index (χ3n) is 3.63. The molecule has 0 fully saturated rings. The van der Waals surface area contributed by atoms with Gasteiger partial charge in [-0.05, 0) is 29.3 Å². The van der Waals surface area contributed by atoms with E-state index < -0.39 is 0 Å². The molecule has 0 aromatic heterocycles. The molecule has 0 unspecified atom stereocenters. The molecule has 0 spiro atoms. The first-order valence-electron chi connectivity index (χ1n) is 7.47. The first-order valence-corrected chi connectivity index (χ1v) is 8.22. The molecule has 0 aliphatic carbocycles. The fourth-order valence-electron chi connectivity index (χ4n) is 2.42. The highest BCUT2D eigenvalue weighted by molar-refractivity contribution is 6.37. The number of carbonyl (C=O) groups excluding carboxylic acids is 1. The summed E-state index contributed by atoms with van der Waals surface area (Å²) in [4.78, 5) is 13.0. The Hall–Kier alpha value is -2.35. The first-order chi connectivity index (χ1) is 11.6. The lowest BCUT2D eigenvalue weighted by molar-refractivity contribution is 0.105. The van der Waals surface area contributed by atoms with Crippen molar-refractivity contribution in [1.29, 1.82) is 0 Å². The average molecular weight is 353 g/mol. The summed E-state index contributed by atoms with van der Waals surface area (Å²) in [7, 11) is 0. The van der Waals surface area contributed by atoms with Gasteiger partial charge < -0.3 is 0 Å². The predicted molar refractivity (Wildman–Crippen MR) is 102 cm³/mol. The molecule has 3 aromatic rings. The lowest BCUT2D eigenvalue weighted by Gasteiger charge is -2.09. The maximum absolute atomic E-state index is 13.0. The third kappa shape index (κ3) is 3.76. The van der Waals surface area contributed by atoms with Crippen LogP contribution < -0.4 is 0 Å². The fourth-order valence-corrected chi connectivity index (χ4v) is 2.88. The van der Waals surface area contributed by atoms with Gasteiger partial charge in [-0.1, -0.05) is 89.9 Å². The molecule has 0 N–H and O–H groups in total. The van der Waals surface area contributed by atoms with Crippen LogP contribution in [0.3, 0.4) is 0 Å². The Bertz CT molecular complexity index is 884. The summed E-state index contributed by atoms with van der Waals surface area (Å²) in [6, 6.07) is 24.0. The van der Waals surface area contributed by atoms with Gasteiger partial charge in [-0.25, -0.2) is 0 Å². The summed E-state index contributed by atoms with van der Waals surface area (Å²) < 4.78 is 0. The number of ketones is 1. The van der Waals surface area contributed by atoms with Crippen molar-refractivity contribution in [2.75, 3.05) is 0 Å². The standard InChI is InChI=1S/C21H14Cl2O/c22-18-12-11-17(20(23)14-18)13-19(15-7-3-1-4-8-15)21(24)16-9-5-2-6-10-16/h1-14H/b19-13-. The number of halogens is 2. The molecule has 1 nitrogen and oxygen atoms in total. The zero-order valence-corrected chi connectivity index (χ0v) is 14.3. The van der Waals surface area contributed by atoms with Crippen LogP contribution in [0, 0.1) is 0 Å². The molecule has 24 heavy (non-hydrogen) atoms. The molecular weight excluding hydrogens is 339 g/mol. The minimum absolute atomic E-state index is 0.0483. The van der Waals surface area contributed by atoms with Gasteiger partial charge in [0, 0.05) is 21.2 Å². The SMILES string of the molecule is O=C(/C(=C\c1ccc(Cl)cc1Cl)c1ccccc1)c1ccccc1. The number of rotatable bonds is 4. The largest absolute Gasteiger partial charge is 0.289 e. The molecule has 0 heterocycles. The van der Waals surface area contributed by atoms with Gasteiger partial charge in [-0.3, -0.25) is 4.79 Å². The van der Waals surface area contributed by atoms with Crippen LogP contribution in [0.1, 0.15) is 21.5 Å². The Labute approximate surface area is 151 Å². The van der Waals surface area contributed by atoms with Gasteiger partial charge in [0.2, 0.25) is 0 Å². The van der Waals surface area contributed by atoms with Crippen molar-refractivity contribution in [2.24, 2.45) is 0 Å². The number of benzene rings is 3. The average Bonchev–Trinajstić information content (AvgIpc) is 2.62. The quantitative estimate of drug-likeness (QED) is 0.301. The zero-order chi connectivity index (χ0) is 16.9. The molecular formula is C21H14Cl2O. The molecule has 0 saturated heterocycles. The van der Waals surface area contributed by atoms with E-state index in [1.54, 1.807) is 12.1 Å². The van der Waals surface area contributed by atoms with E-state index in [0.717, 1.165) is 11.1 Å². The van der Waals surface area contributed by atoms with Crippen LogP contribution in [0.25, 0.3) is 11.6 Å². The van der Waals surface area contributed by atoms with Gasteiger partial charge in [-0.2, -0.15) is 0 Å². The molecule has 0 radical (unpaired) electrons. The van der Waals surface area contributed by atoms with Gasteiger partial charge in [0.05, 0.1) is 0 Å². The van der Waals surface area contributed by atoms with Crippen molar-refractivity contribution in [2.45, 2.75) is 0 Å². The molecule has 118 valence electrons. The molecule has 3 heteroatoms. The molecule has 0 amide bonds. The van der Waals surface area contributed by atoms with Crippen LogP contribution in [0.2, 0.25) is 10.0 Å². The number of carbonyl (C=O) groups is 1. The number of hydrogen-bond donors (Lipinski definition) is 0. The van der Waals surface area contributed by atoms with Gasteiger partial charge in [0.1, 0.15) is 0 Å². The molecule has 0 saturated carbocycles.